The molecule has 1 aromatic carbocycles. The summed E-state index contributed by atoms with van der Waals surface area (Å²) in [6.45, 7) is 1.88. The number of pyridine rings is 3. The van der Waals surface area contributed by atoms with Gasteiger partial charge in [0.05, 0.1) is 28.8 Å². The van der Waals surface area contributed by atoms with Crippen molar-refractivity contribution >= 4 is 33.7 Å². The molecule has 5 heterocycles. The zero-order chi connectivity index (χ0) is 28.6. The highest BCUT2D eigenvalue weighted by atomic mass is 19.1. The molecular weight excluding hydrogens is 529 g/mol. The Labute approximate surface area is 241 Å². The molecule has 3 N–H and O–H groups in total. The minimum absolute atomic E-state index is 0.0292. The van der Waals surface area contributed by atoms with E-state index in [2.05, 4.69) is 30.5 Å². The summed E-state index contributed by atoms with van der Waals surface area (Å²) in [5.74, 6) is 0.219. The maximum atomic E-state index is 14.2. The number of nitrogens with zero attached hydrogens (tertiary/aromatic N) is 4. The Morgan fingerprint density at radius 1 is 1.02 bits per heavy atom. The molecule has 0 atom stereocenters. The fraction of sp³-hybridized carbons (Fsp3) is 0.242. The van der Waals surface area contributed by atoms with E-state index < -0.39 is 0 Å². The third-order valence-corrected chi connectivity index (χ3v) is 8.06. The molecule has 1 amide bonds. The maximum absolute atomic E-state index is 14.2. The van der Waals surface area contributed by atoms with E-state index >= 15 is 0 Å². The first kappa shape index (κ1) is 26.0. The molecule has 9 heteroatoms. The number of benzene rings is 1. The average molecular weight is 560 g/mol. The topological polar surface area (TPSA) is 112 Å². The van der Waals surface area contributed by atoms with E-state index in [9.17, 15) is 9.18 Å². The summed E-state index contributed by atoms with van der Waals surface area (Å²) in [6.07, 6.45) is 11.6. The molecule has 0 unspecified atom stereocenters. The molecule has 42 heavy (non-hydrogen) atoms. The van der Waals surface area contributed by atoms with Gasteiger partial charge in [-0.25, -0.2) is 14.4 Å². The van der Waals surface area contributed by atoms with Crippen LogP contribution >= 0.6 is 0 Å². The summed E-state index contributed by atoms with van der Waals surface area (Å²) < 4.78 is 14.2. The molecule has 1 aliphatic carbocycles. The van der Waals surface area contributed by atoms with Gasteiger partial charge in [0.2, 0.25) is 5.91 Å². The summed E-state index contributed by atoms with van der Waals surface area (Å²) in [7, 11) is 0. The number of rotatable bonds is 6. The van der Waals surface area contributed by atoms with Gasteiger partial charge in [-0.15, -0.1) is 0 Å². The molecule has 1 aliphatic rings. The van der Waals surface area contributed by atoms with Gasteiger partial charge in [0.1, 0.15) is 22.7 Å². The third kappa shape index (κ3) is 5.13. The number of hydrogen-bond donors (Lipinski definition) is 3. The first-order valence-corrected chi connectivity index (χ1v) is 14.4. The van der Waals surface area contributed by atoms with E-state index in [0.29, 0.717) is 40.6 Å². The van der Waals surface area contributed by atoms with Crippen LogP contribution in [0.3, 0.4) is 0 Å². The van der Waals surface area contributed by atoms with E-state index in [1.807, 2.05) is 43.3 Å². The van der Waals surface area contributed by atoms with E-state index in [0.717, 1.165) is 51.7 Å². The molecular formula is C33H30FN7O. The van der Waals surface area contributed by atoms with Gasteiger partial charge in [0, 0.05) is 29.8 Å². The molecule has 7 rings (SSSR count). The van der Waals surface area contributed by atoms with Crippen molar-refractivity contribution in [3.8, 4) is 33.8 Å². The summed E-state index contributed by atoms with van der Waals surface area (Å²) in [6, 6.07) is 14.6. The number of aryl methyl sites for hydroxylation is 1. The van der Waals surface area contributed by atoms with Crippen molar-refractivity contribution in [3.05, 3.63) is 78.5 Å². The van der Waals surface area contributed by atoms with Crippen LogP contribution in [0.2, 0.25) is 0 Å². The summed E-state index contributed by atoms with van der Waals surface area (Å²) in [5.41, 5.74) is 8.23. The van der Waals surface area contributed by atoms with Crippen LogP contribution in [0.15, 0.2) is 67.1 Å². The quantitative estimate of drug-likeness (QED) is 0.195. The Bertz CT molecular complexity index is 1920. The molecule has 0 spiro atoms. The maximum Gasteiger partial charge on any atom is 0.224 e. The van der Waals surface area contributed by atoms with Crippen molar-refractivity contribution in [1.82, 2.24) is 30.1 Å². The van der Waals surface area contributed by atoms with E-state index in [1.54, 1.807) is 18.6 Å². The SMILES string of the molecule is Cc1cc(F)cc(-c2ccnc3[nH]c(-c4n[nH]c5ccc(-c6cncc(NC(=O)CC7CCCCC7)c6)nc45)cc23)c1. The van der Waals surface area contributed by atoms with Crippen molar-refractivity contribution in [2.45, 2.75) is 45.4 Å². The molecule has 210 valence electrons. The average Bonchev–Trinajstić information content (AvgIpc) is 3.61. The lowest BCUT2D eigenvalue weighted by Crippen LogP contribution is -2.18. The summed E-state index contributed by atoms with van der Waals surface area (Å²) >= 11 is 0. The molecule has 1 saturated carbocycles. The number of carbonyl (C=O) groups excluding carboxylic acids is 1. The van der Waals surface area contributed by atoms with Crippen LogP contribution < -0.4 is 5.32 Å². The molecule has 8 nitrogen and oxygen atoms in total. The summed E-state index contributed by atoms with van der Waals surface area (Å²) in [5, 5.41) is 11.5. The van der Waals surface area contributed by atoms with Gasteiger partial charge in [0.15, 0.2) is 0 Å². The van der Waals surface area contributed by atoms with Gasteiger partial charge in [0.25, 0.3) is 0 Å². The number of amides is 1. The Kier molecular flexibility index (Phi) is 6.70. The van der Waals surface area contributed by atoms with Gasteiger partial charge in [-0.1, -0.05) is 25.3 Å². The number of anilines is 1. The van der Waals surface area contributed by atoms with Crippen LogP contribution in [0.25, 0.3) is 55.8 Å². The number of nitrogens with one attached hydrogen (secondary N) is 3. The molecule has 6 aromatic rings. The second-order valence-electron chi connectivity index (χ2n) is 11.2. The number of hydrogen-bond acceptors (Lipinski definition) is 5. The van der Waals surface area contributed by atoms with E-state index in [4.69, 9.17) is 4.98 Å². The van der Waals surface area contributed by atoms with Gasteiger partial charge in [-0.3, -0.25) is 14.9 Å². The van der Waals surface area contributed by atoms with Crippen molar-refractivity contribution in [2.24, 2.45) is 5.92 Å². The Balaban J connectivity index is 1.20. The van der Waals surface area contributed by atoms with Crippen LogP contribution in [0.4, 0.5) is 10.1 Å². The Morgan fingerprint density at radius 3 is 2.76 bits per heavy atom. The third-order valence-electron chi connectivity index (χ3n) is 8.06. The van der Waals surface area contributed by atoms with E-state index in [-0.39, 0.29) is 11.7 Å². The molecule has 5 aromatic heterocycles. The highest BCUT2D eigenvalue weighted by Crippen LogP contribution is 2.34. The lowest BCUT2D eigenvalue weighted by molar-refractivity contribution is -0.117. The number of aromatic amines is 2. The van der Waals surface area contributed by atoms with Crippen LogP contribution in [0.1, 0.15) is 44.1 Å². The highest BCUT2D eigenvalue weighted by molar-refractivity contribution is 5.99. The lowest BCUT2D eigenvalue weighted by Gasteiger charge is -2.20. The number of aromatic nitrogens is 6. The van der Waals surface area contributed by atoms with Gasteiger partial charge in [-0.05, 0) is 84.8 Å². The predicted molar refractivity (Wildman–Crippen MR) is 162 cm³/mol. The lowest BCUT2D eigenvalue weighted by atomic mass is 9.87. The van der Waals surface area contributed by atoms with Crippen LogP contribution in [-0.4, -0.2) is 36.0 Å². The van der Waals surface area contributed by atoms with Crippen LogP contribution in [0.5, 0.6) is 0 Å². The van der Waals surface area contributed by atoms with Gasteiger partial charge < -0.3 is 10.3 Å². The molecule has 0 saturated heterocycles. The number of H-pyrrole nitrogens is 2. The van der Waals surface area contributed by atoms with Gasteiger partial charge in [-0.2, -0.15) is 5.10 Å². The van der Waals surface area contributed by atoms with Crippen LogP contribution in [-0.2, 0) is 4.79 Å². The van der Waals surface area contributed by atoms with Crippen LogP contribution in [0, 0.1) is 18.7 Å². The second kappa shape index (κ2) is 10.8. The zero-order valence-corrected chi connectivity index (χ0v) is 23.2. The highest BCUT2D eigenvalue weighted by Gasteiger charge is 2.19. The largest absolute Gasteiger partial charge is 0.338 e. The fourth-order valence-corrected chi connectivity index (χ4v) is 6.06. The molecule has 1 fully saturated rings. The Morgan fingerprint density at radius 2 is 1.90 bits per heavy atom. The number of carbonyl (C=O) groups is 1. The fourth-order valence-electron chi connectivity index (χ4n) is 6.06. The zero-order valence-electron chi connectivity index (χ0n) is 23.2. The van der Waals surface area contributed by atoms with E-state index in [1.165, 1.54) is 31.4 Å². The van der Waals surface area contributed by atoms with Gasteiger partial charge >= 0.3 is 0 Å². The van der Waals surface area contributed by atoms with Crippen molar-refractivity contribution in [1.29, 1.82) is 0 Å². The first-order chi connectivity index (χ1) is 20.5. The Hall–Kier alpha value is -4.92. The number of fused-ring (bicyclic) bond motifs is 2. The molecule has 0 aliphatic heterocycles. The number of halogens is 1. The minimum atomic E-state index is -0.275. The molecule has 0 bridgehead atoms. The second-order valence-corrected chi connectivity index (χ2v) is 11.2. The van der Waals surface area contributed by atoms with Crippen molar-refractivity contribution in [3.63, 3.8) is 0 Å². The summed E-state index contributed by atoms with van der Waals surface area (Å²) in [4.78, 5) is 29.9. The van der Waals surface area contributed by atoms with Crippen molar-refractivity contribution < 1.29 is 9.18 Å². The van der Waals surface area contributed by atoms with Crippen molar-refractivity contribution in [2.75, 3.05) is 5.32 Å². The minimum Gasteiger partial charge on any atom is -0.338 e. The smallest absolute Gasteiger partial charge is 0.224 e. The standard InChI is InChI=1S/C33H30FN7O/c1-19-11-21(14-23(34)12-19)25-9-10-36-33-26(25)16-29(39-33)32-31-28(40-41-32)8-7-27(38-31)22-15-24(18-35-17-22)37-30(42)13-20-5-3-2-4-6-20/h7-12,14-18,20H,2-6,13H2,1H3,(H,36,39)(H,37,42)(H,40,41). The first-order valence-electron chi connectivity index (χ1n) is 14.4. The normalized spacial score (nSPS) is 14.0. The predicted octanol–water partition coefficient (Wildman–Crippen LogP) is 7.59. The monoisotopic (exact) mass is 559 g/mol. The molecule has 0 radical (unpaired) electrons.